The molecule has 0 saturated heterocycles. The first-order valence-corrected chi connectivity index (χ1v) is 7.72. The Morgan fingerprint density at radius 1 is 1.12 bits per heavy atom. The molecule has 0 heterocycles. The highest BCUT2D eigenvalue weighted by molar-refractivity contribution is 5.92. The zero-order valence-electron chi connectivity index (χ0n) is 14.0. The molecule has 0 fully saturated rings. The van der Waals surface area contributed by atoms with E-state index in [9.17, 15) is 18.0 Å². The van der Waals surface area contributed by atoms with Crippen LogP contribution in [0, 0.1) is 17.5 Å². The summed E-state index contributed by atoms with van der Waals surface area (Å²) in [5.41, 5.74) is 0.735. The van der Waals surface area contributed by atoms with Crippen molar-refractivity contribution in [2.75, 3.05) is 25.5 Å². The molecule has 0 aliphatic rings. The highest BCUT2D eigenvalue weighted by Crippen LogP contribution is 2.19. The standard InChI is InChI=1S/C18H19F3N2O2/c1-3-23(10-12-4-5-17(25-2)16(21)6-12)11-18(24)22-15-8-13(19)7-14(20)9-15/h4-9H,3,10-11H2,1-2H3,(H,22,24). The molecule has 0 bridgehead atoms. The highest BCUT2D eigenvalue weighted by Gasteiger charge is 2.12. The largest absolute Gasteiger partial charge is 0.494 e. The van der Waals surface area contributed by atoms with Gasteiger partial charge in [0.15, 0.2) is 11.6 Å². The van der Waals surface area contributed by atoms with Crippen molar-refractivity contribution in [2.24, 2.45) is 0 Å². The fourth-order valence-electron chi connectivity index (χ4n) is 2.38. The van der Waals surface area contributed by atoms with Crippen LogP contribution < -0.4 is 10.1 Å². The summed E-state index contributed by atoms with van der Waals surface area (Å²) in [5, 5.41) is 2.45. The summed E-state index contributed by atoms with van der Waals surface area (Å²) in [6.45, 7) is 2.75. The monoisotopic (exact) mass is 352 g/mol. The van der Waals surface area contributed by atoms with Crippen molar-refractivity contribution >= 4 is 11.6 Å². The minimum Gasteiger partial charge on any atom is -0.494 e. The number of halogens is 3. The van der Waals surface area contributed by atoms with Crippen molar-refractivity contribution in [3.05, 3.63) is 59.4 Å². The molecular formula is C18H19F3N2O2. The van der Waals surface area contributed by atoms with E-state index in [2.05, 4.69) is 5.32 Å². The summed E-state index contributed by atoms with van der Waals surface area (Å²) in [7, 11) is 1.38. The lowest BCUT2D eigenvalue weighted by atomic mass is 10.2. The molecule has 1 N–H and O–H groups in total. The Morgan fingerprint density at radius 3 is 2.36 bits per heavy atom. The minimum atomic E-state index is -0.767. The molecule has 0 aliphatic heterocycles. The first kappa shape index (κ1) is 18.8. The highest BCUT2D eigenvalue weighted by atomic mass is 19.1. The van der Waals surface area contributed by atoms with Gasteiger partial charge in [0.1, 0.15) is 11.6 Å². The fraction of sp³-hybridized carbons (Fsp3) is 0.278. The normalized spacial score (nSPS) is 10.8. The SMILES string of the molecule is CCN(CC(=O)Nc1cc(F)cc(F)c1)Cc1ccc(OC)c(F)c1. The molecule has 0 atom stereocenters. The van der Waals surface area contributed by atoms with Gasteiger partial charge < -0.3 is 10.1 Å². The van der Waals surface area contributed by atoms with E-state index in [0.29, 0.717) is 18.7 Å². The maximum atomic E-state index is 13.7. The maximum Gasteiger partial charge on any atom is 0.238 e. The third-order valence-electron chi connectivity index (χ3n) is 3.58. The predicted octanol–water partition coefficient (Wildman–Crippen LogP) is 3.57. The number of methoxy groups -OCH3 is 1. The van der Waals surface area contributed by atoms with Gasteiger partial charge in [0.2, 0.25) is 5.91 Å². The number of amides is 1. The van der Waals surface area contributed by atoms with E-state index in [1.165, 1.54) is 19.2 Å². The maximum absolute atomic E-state index is 13.7. The zero-order chi connectivity index (χ0) is 18.4. The second kappa shape index (κ2) is 8.53. The summed E-state index contributed by atoms with van der Waals surface area (Å²) in [5.74, 6) is -2.28. The van der Waals surface area contributed by atoms with Crippen LogP contribution >= 0.6 is 0 Å². The first-order chi connectivity index (χ1) is 11.9. The number of ether oxygens (including phenoxy) is 1. The van der Waals surface area contributed by atoms with E-state index in [4.69, 9.17) is 4.74 Å². The number of likely N-dealkylation sites (N-methyl/N-ethyl adjacent to an activating group) is 1. The average molecular weight is 352 g/mol. The molecule has 2 aromatic carbocycles. The molecule has 7 heteroatoms. The summed E-state index contributed by atoms with van der Waals surface area (Å²) >= 11 is 0. The molecule has 0 aromatic heterocycles. The van der Waals surface area contributed by atoms with Gasteiger partial charge in [0.05, 0.1) is 13.7 Å². The second-order valence-corrected chi connectivity index (χ2v) is 5.48. The van der Waals surface area contributed by atoms with E-state index in [1.807, 2.05) is 6.92 Å². The van der Waals surface area contributed by atoms with Gasteiger partial charge in [0, 0.05) is 18.3 Å². The molecule has 0 aliphatic carbocycles. The minimum absolute atomic E-state index is 0.00226. The summed E-state index contributed by atoms with van der Waals surface area (Å²) in [4.78, 5) is 13.8. The Morgan fingerprint density at radius 2 is 1.80 bits per heavy atom. The van der Waals surface area contributed by atoms with Gasteiger partial charge >= 0.3 is 0 Å². The van der Waals surface area contributed by atoms with Crippen LogP contribution in [0.25, 0.3) is 0 Å². The molecule has 4 nitrogen and oxygen atoms in total. The number of benzene rings is 2. The van der Waals surface area contributed by atoms with Crippen molar-refractivity contribution in [3.63, 3.8) is 0 Å². The first-order valence-electron chi connectivity index (χ1n) is 7.72. The van der Waals surface area contributed by atoms with E-state index in [0.717, 1.165) is 18.2 Å². The number of nitrogens with one attached hydrogen (secondary N) is 1. The van der Waals surface area contributed by atoms with Crippen molar-refractivity contribution in [1.29, 1.82) is 0 Å². The molecule has 0 radical (unpaired) electrons. The van der Waals surface area contributed by atoms with Crippen molar-refractivity contribution < 1.29 is 22.7 Å². The van der Waals surface area contributed by atoms with Crippen LogP contribution in [-0.2, 0) is 11.3 Å². The molecule has 1 amide bonds. The number of hydrogen-bond acceptors (Lipinski definition) is 3. The van der Waals surface area contributed by atoms with Gasteiger partial charge in [-0.05, 0) is 36.4 Å². The molecule has 2 rings (SSSR count). The topological polar surface area (TPSA) is 41.6 Å². The van der Waals surface area contributed by atoms with Crippen molar-refractivity contribution in [2.45, 2.75) is 13.5 Å². The summed E-state index contributed by atoms with van der Waals surface area (Å²) in [6.07, 6.45) is 0. The summed E-state index contributed by atoms with van der Waals surface area (Å²) in [6, 6.07) is 7.39. The van der Waals surface area contributed by atoms with Crippen LogP contribution in [0.2, 0.25) is 0 Å². The number of anilines is 1. The Balaban J connectivity index is 1.98. The number of rotatable bonds is 7. The van der Waals surface area contributed by atoms with Crippen LogP contribution in [0.5, 0.6) is 5.75 Å². The number of carbonyl (C=O) groups excluding carboxylic acids is 1. The Kier molecular flexibility index (Phi) is 6.41. The quantitative estimate of drug-likeness (QED) is 0.828. The van der Waals surface area contributed by atoms with E-state index < -0.39 is 23.4 Å². The zero-order valence-corrected chi connectivity index (χ0v) is 14.0. The lowest BCUT2D eigenvalue weighted by Crippen LogP contribution is -2.32. The van der Waals surface area contributed by atoms with Crippen molar-refractivity contribution in [3.8, 4) is 5.75 Å². The van der Waals surface area contributed by atoms with Gasteiger partial charge in [0.25, 0.3) is 0 Å². The van der Waals surface area contributed by atoms with Gasteiger partial charge in [-0.1, -0.05) is 13.0 Å². The predicted molar refractivity (Wildman–Crippen MR) is 88.9 cm³/mol. The van der Waals surface area contributed by atoms with E-state index in [1.54, 1.807) is 11.0 Å². The molecule has 25 heavy (non-hydrogen) atoms. The number of nitrogens with zero attached hydrogens (tertiary/aromatic N) is 1. The van der Waals surface area contributed by atoms with Crippen molar-refractivity contribution in [1.82, 2.24) is 4.90 Å². The Labute approximate surface area is 144 Å². The molecule has 0 spiro atoms. The van der Waals surface area contributed by atoms with Gasteiger partial charge in [-0.3, -0.25) is 9.69 Å². The third kappa shape index (κ3) is 5.49. The molecule has 0 saturated carbocycles. The molecule has 0 unspecified atom stereocenters. The van der Waals surface area contributed by atoms with Crippen LogP contribution in [-0.4, -0.2) is 31.0 Å². The van der Waals surface area contributed by atoms with Crippen LogP contribution in [0.1, 0.15) is 12.5 Å². The van der Waals surface area contributed by atoms with E-state index in [-0.39, 0.29) is 18.0 Å². The van der Waals surface area contributed by atoms with E-state index >= 15 is 0 Å². The fourth-order valence-corrected chi connectivity index (χ4v) is 2.38. The Hall–Kier alpha value is -2.54. The smallest absolute Gasteiger partial charge is 0.238 e. The number of carbonyl (C=O) groups is 1. The van der Waals surface area contributed by atoms with Crippen LogP contribution in [0.4, 0.5) is 18.9 Å². The second-order valence-electron chi connectivity index (χ2n) is 5.48. The molecule has 134 valence electrons. The van der Waals surface area contributed by atoms with Crippen LogP contribution in [0.15, 0.2) is 36.4 Å². The van der Waals surface area contributed by atoms with Gasteiger partial charge in [-0.25, -0.2) is 13.2 Å². The summed E-state index contributed by atoms with van der Waals surface area (Å²) < 4.78 is 44.9. The number of hydrogen-bond donors (Lipinski definition) is 1. The average Bonchev–Trinajstić information content (AvgIpc) is 2.53. The molecule has 2 aromatic rings. The molecular weight excluding hydrogens is 333 g/mol. The van der Waals surface area contributed by atoms with Gasteiger partial charge in [-0.15, -0.1) is 0 Å². The lowest BCUT2D eigenvalue weighted by molar-refractivity contribution is -0.117. The Bertz CT molecular complexity index is 733. The van der Waals surface area contributed by atoms with Gasteiger partial charge in [-0.2, -0.15) is 0 Å². The third-order valence-corrected chi connectivity index (χ3v) is 3.58. The lowest BCUT2D eigenvalue weighted by Gasteiger charge is -2.20. The van der Waals surface area contributed by atoms with Crippen LogP contribution in [0.3, 0.4) is 0 Å².